The number of anilines is 2. The smallest absolute Gasteiger partial charge is 0.247 e. The highest BCUT2D eigenvalue weighted by molar-refractivity contribution is 5.95. The summed E-state index contributed by atoms with van der Waals surface area (Å²) in [5, 5.41) is 9.57. The van der Waals surface area contributed by atoms with Gasteiger partial charge in [0.1, 0.15) is 17.6 Å². The topological polar surface area (TPSA) is 76.4 Å². The van der Waals surface area contributed by atoms with E-state index >= 15 is 0 Å². The normalized spacial score (nSPS) is 11.8. The van der Waals surface area contributed by atoms with Crippen LogP contribution in [0.1, 0.15) is 26.0 Å². The van der Waals surface area contributed by atoms with Crippen LogP contribution in [0.2, 0.25) is 0 Å². The maximum absolute atomic E-state index is 12.1. The minimum absolute atomic E-state index is 0.187. The molecule has 0 radical (unpaired) electrons. The molecule has 1 heterocycles. The Kier molecular flexibility index (Phi) is 5.41. The molecule has 6 heteroatoms. The van der Waals surface area contributed by atoms with Crippen LogP contribution in [-0.4, -0.2) is 23.7 Å². The number of carbonyl (C=O) groups is 1. The van der Waals surface area contributed by atoms with Crippen molar-refractivity contribution in [1.82, 2.24) is 5.16 Å². The highest BCUT2D eigenvalue weighted by atomic mass is 16.5. The molecule has 0 aliphatic carbocycles. The van der Waals surface area contributed by atoms with Crippen LogP contribution >= 0.6 is 0 Å². The highest BCUT2D eigenvalue weighted by Gasteiger charge is 2.14. The molecule has 1 aromatic heterocycles. The predicted octanol–water partition coefficient (Wildman–Crippen LogP) is 3.21. The van der Waals surface area contributed by atoms with Crippen molar-refractivity contribution in [3.63, 3.8) is 0 Å². The van der Waals surface area contributed by atoms with Crippen LogP contribution in [0.15, 0.2) is 34.9 Å². The van der Waals surface area contributed by atoms with E-state index < -0.39 is 6.04 Å². The van der Waals surface area contributed by atoms with Crippen molar-refractivity contribution in [2.45, 2.75) is 33.2 Å². The van der Waals surface area contributed by atoms with Gasteiger partial charge in [0.2, 0.25) is 5.91 Å². The fourth-order valence-corrected chi connectivity index (χ4v) is 1.87. The lowest BCUT2D eigenvalue weighted by Crippen LogP contribution is -2.31. The van der Waals surface area contributed by atoms with Gasteiger partial charge in [-0.05, 0) is 32.4 Å². The Morgan fingerprint density at radius 3 is 2.91 bits per heavy atom. The fourth-order valence-electron chi connectivity index (χ4n) is 1.87. The molecule has 0 bridgehead atoms. The van der Waals surface area contributed by atoms with Crippen molar-refractivity contribution in [1.29, 1.82) is 0 Å². The molecule has 2 N–H and O–H groups in total. The first-order chi connectivity index (χ1) is 10.6. The summed E-state index contributed by atoms with van der Waals surface area (Å²) in [6.07, 6.45) is 0.952. The number of carbonyl (C=O) groups excluding carboxylic acids is 1. The first-order valence-electron chi connectivity index (χ1n) is 7.32. The molecule has 0 aliphatic rings. The second kappa shape index (κ2) is 7.49. The van der Waals surface area contributed by atoms with Gasteiger partial charge in [-0.1, -0.05) is 18.1 Å². The van der Waals surface area contributed by atoms with E-state index in [0.717, 1.165) is 17.9 Å². The maximum atomic E-state index is 12.1. The van der Waals surface area contributed by atoms with Gasteiger partial charge in [-0.3, -0.25) is 4.79 Å². The Bertz CT molecular complexity index is 625. The number of aromatic nitrogens is 1. The molecule has 0 fully saturated rings. The molecule has 0 aliphatic heterocycles. The summed E-state index contributed by atoms with van der Waals surface area (Å²) in [5.74, 6) is 1.66. The van der Waals surface area contributed by atoms with Gasteiger partial charge in [0.15, 0.2) is 5.82 Å². The number of rotatable bonds is 7. The van der Waals surface area contributed by atoms with Gasteiger partial charge in [-0.2, -0.15) is 0 Å². The molecule has 1 amide bonds. The van der Waals surface area contributed by atoms with Gasteiger partial charge < -0.3 is 19.9 Å². The first-order valence-corrected chi connectivity index (χ1v) is 7.32. The molecule has 0 saturated heterocycles. The summed E-state index contributed by atoms with van der Waals surface area (Å²) in [5.41, 5.74) is 0.826. The fraction of sp³-hybridized carbons (Fsp3) is 0.375. The van der Waals surface area contributed by atoms with Crippen LogP contribution < -0.4 is 15.4 Å². The van der Waals surface area contributed by atoms with Crippen molar-refractivity contribution < 1.29 is 14.1 Å². The number of nitrogens with zero attached hydrogens (tertiary/aromatic N) is 1. The second-order valence-electron chi connectivity index (χ2n) is 5.05. The number of benzene rings is 1. The average molecular weight is 303 g/mol. The van der Waals surface area contributed by atoms with E-state index in [-0.39, 0.29) is 5.91 Å². The van der Waals surface area contributed by atoms with Crippen LogP contribution in [0.5, 0.6) is 5.75 Å². The minimum atomic E-state index is -0.418. The summed E-state index contributed by atoms with van der Waals surface area (Å²) >= 11 is 0. The molecule has 6 nitrogen and oxygen atoms in total. The minimum Gasteiger partial charge on any atom is -0.494 e. The number of ether oxygens (including phenoxy) is 1. The van der Waals surface area contributed by atoms with Gasteiger partial charge in [0.25, 0.3) is 0 Å². The molecule has 2 rings (SSSR count). The molecule has 118 valence electrons. The molecule has 22 heavy (non-hydrogen) atoms. The van der Waals surface area contributed by atoms with Crippen LogP contribution in [0.4, 0.5) is 11.5 Å². The van der Waals surface area contributed by atoms with Crippen LogP contribution in [0.25, 0.3) is 0 Å². The number of hydrogen-bond donors (Lipinski definition) is 2. The van der Waals surface area contributed by atoms with E-state index in [1.54, 1.807) is 19.9 Å². The van der Waals surface area contributed by atoms with Crippen molar-refractivity contribution >= 4 is 17.4 Å². The van der Waals surface area contributed by atoms with Gasteiger partial charge >= 0.3 is 0 Å². The van der Waals surface area contributed by atoms with E-state index in [9.17, 15) is 4.79 Å². The quantitative estimate of drug-likeness (QED) is 0.821. The van der Waals surface area contributed by atoms with Crippen LogP contribution in [-0.2, 0) is 4.79 Å². The summed E-state index contributed by atoms with van der Waals surface area (Å²) in [6.45, 7) is 6.28. The monoisotopic (exact) mass is 303 g/mol. The number of nitrogens with one attached hydrogen (secondary N) is 2. The maximum Gasteiger partial charge on any atom is 0.247 e. The summed E-state index contributed by atoms with van der Waals surface area (Å²) < 4.78 is 10.5. The van der Waals surface area contributed by atoms with Crippen molar-refractivity contribution in [3.05, 3.63) is 36.1 Å². The summed E-state index contributed by atoms with van der Waals surface area (Å²) in [7, 11) is 0. The Hall–Kier alpha value is -2.50. The third kappa shape index (κ3) is 4.51. The molecular weight excluding hydrogens is 282 g/mol. The van der Waals surface area contributed by atoms with Crippen molar-refractivity contribution in [3.8, 4) is 5.75 Å². The lowest BCUT2D eigenvalue weighted by molar-refractivity contribution is -0.116. The zero-order valence-corrected chi connectivity index (χ0v) is 13.1. The third-order valence-corrected chi connectivity index (χ3v) is 2.96. The second-order valence-corrected chi connectivity index (χ2v) is 5.05. The molecule has 0 saturated carbocycles. The summed E-state index contributed by atoms with van der Waals surface area (Å²) in [6, 6.07) is 8.80. The van der Waals surface area contributed by atoms with Gasteiger partial charge in [-0.15, -0.1) is 0 Å². The zero-order valence-electron chi connectivity index (χ0n) is 13.1. The number of amides is 1. The molecule has 2 aromatic rings. The standard InChI is InChI=1S/C16H21N3O3/c1-4-8-21-14-7-5-6-13(10-14)17-12(3)16(20)18-15-9-11(2)22-19-15/h5-7,9-10,12,17H,4,8H2,1-3H3,(H,18,19,20). The van der Waals surface area contributed by atoms with Gasteiger partial charge in [0, 0.05) is 17.8 Å². The van der Waals surface area contributed by atoms with E-state index in [4.69, 9.17) is 9.26 Å². The molecule has 1 unspecified atom stereocenters. The zero-order chi connectivity index (χ0) is 15.9. The number of hydrogen-bond acceptors (Lipinski definition) is 5. The van der Waals surface area contributed by atoms with Gasteiger partial charge in [-0.25, -0.2) is 0 Å². The van der Waals surface area contributed by atoms with Crippen molar-refractivity contribution in [2.75, 3.05) is 17.2 Å². The average Bonchev–Trinajstić information content (AvgIpc) is 2.90. The predicted molar refractivity (Wildman–Crippen MR) is 85.2 cm³/mol. The largest absolute Gasteiger partial charge is 0.494 e. The highest BCUT2D eigenvalue weighted by Crippen LogP contribution is 2.18. The Morgan fingerprint density at radius 2 is 2.23 bits per heavy atom. The lowest BCUT2D eigenvalue weighted by Gasteiger charge is -2.15. The van der Waals surface area contributed by atoms with E-state index in [1.807, 2.05) is 24.3 Å². The van der Waals surface area contributed by atoms with E-state index in [0.29, 0.717) is 18.2 Å². The molecule has 1 aromatic carbocycles. The van der Waals surface area contributed by atoms with Crippen LogP contribution in [0, 0.1) is 6.92 Å². The Balaban J connectivity index is 1.93. The molecule has 0 spiro atoms. The molecule has 1 atom stereocenters. The Labute approximate surface area is 129 Å². The van der Waals surface area contributed by atoms with Crippen molar-refractivity contribution in [2.24, 2.45) is 0 Å². The lowest BCUT2D eigenvalue weighted by atomic mass is 10.2. The van der Waals surface area contributed by atoms with Gasteiger partial charge in [0.05, 0.1) is 6.61 Å². The Morgan fingerprint density at radius 1 is 1.41 bits per heavy atom. The SMILES string of the molecule is CCCOc1cccc(NC(C)C(=O)Nc2cc(C)on2)c1. The summed E-state index contributed by atoms with van der Waals surface area (Å²) in [4.78, 5) is 12.1. The molecular formula is C16H21N3O3. The first kappa shape index (κ1) is 15.9. The third-order valence-electron chi connectivity index (χ3n) is 2.96. The van der Waals surface area contributed by atoms with Crippen LogP contribution in [0.3, 0.4) is 0 Å². The van der Waals surface area contributed by atoms with E-state index in [2.05, 4.69) is 22.7 Å². The van der Waals surface area contributed by atoms with E-state index in [1.165, 1.54) is 0 Å². The number of aryl methyl sites for hydroxylation is 1.